The molecule has 2 aromatic rings. The Balaban J connectivity index is 1.94. The third kappa shape index (κ3) is 5.38. The van der Waals surface area contributed by atoms with Gasteiger partial charge >= 0.3 is 0 Å². The largest absolute Gasteiger partial charge is 0.497 e. The summed E-state index contributed by atoms with van der Waals surface area (Å²) >= 11 is 0. The zero-order chi connectivity index (χ0) is 16.5. The number of rotatable bonds is 8. The highest BCUT2D eigenvalue weighted by Crippen LogP contribution is 2.13. The molecule has 0 amide bonds. The predicted octanol–water partition coefficient (Wildman–Crippen LogP) is 4.09. The molecule has 0 fully saturated rings. The third-order valence-corrected chi connectivity index (χ3v) is 3.54. The molecule has 0 radical (unpaired) electrons. The van der Waals surface area contributed by atoms with Crippen LogP contribution in [0, 0.1) is 0 Å². The van der Waals surface area contributed by atoms with E-state index in [2.05, 4.69) is 24.4 Å². The van der Waals surface area contributed by atoms with Crippen LogP contribution in [0.4, 0.5) is 0 Å². The van der Waals surface area contributed by atoms with Crippen LogP contribution in [0.2, 0.25) is 0 Å². The molecule has 0 aliphatic carbocycles. The zero-order valence-corrected chi connectivity index (χ0v) is 13.7. The summed E-state index contributed by atoms with van der Waals surface area (Å²) in [6, 6.07) is 15.3. The minimum Gasteiger partial charge on any atom is -0.497 e. The van der Waals surface area contributed by atoms with Gasteiger partial charge in [-0.1, -0.05) is 37.3 Å². The lowest BCUT2D eigenvalue weighted by atomic mass is 10.1. The van der Waals surface area contributed by atoms with E-state index >= 15 is 0 Å². The van der Waals surface area contributed by atoms with Gasteiger partial charge in [-0.25, -0.2) is 0 Å². The van der Waals surface area contributed by atoms with Crippen molar-refractivity contribution in [1.29, 1.82) is 0 Å². The summed E-state index contributed by atoms with van der Waals surface area (Å²) in [6.07, 6.45) is 4.58. The standard InChI is InChI=1S/C20H23NO2/c1-3-14-21-15-17-6-4-16(5-7-17)8-13-20(22)18-9-11-19(23-2)12-10-18/h4-13,21H,3,14-15H2,1-2H3. The van der Waals surface area contributed by atoms with E-state index < -0.39 is 0 Å². The lowest BCUT2D eigenvalue weighted by molar-refractivity contribution is 0.104. The SMILES string of the molecule is CCCNCc1ccc(C=CC(=O)c2ccc(OC)cc2)cc1. The second-order valence-electron chi connectivity index (χ2n) is 5.34. The first-order chi connectivity index (χ1) is 11.2. The van der Waals surface area contributed by atoms with Crippen molar-refractivity contribution in [1.82, 2.24) is 5.32 Å². The minimum absolute atomic E-state index is 0.0126. The molecule has 0 spiro atoms. The Morgan fingerprint density at radius 1 is 1.09 bits per heavy atom. The van der Waals surface area contributed by atoms with E-state index in [-0.39, 0.29) is 5.78 Å². The van der Waals surface area contributed by atoms with Gasteiger partial charge in [0.25, 0.3) is 0 Å². The van der Waals surface area contributed by atoms with E-state index in [0.717, 1.165) is 30.8 Å². The fraction of sp³-hybridized carbons (Fsp3) is 0.250. The first kappa shape index (κ1) is 17.0. The Morgan fingerprint density at radius 3 is 2.39 bits per heavy atom. The van der Waals surface area contributed by atoms with E-state index in [1.165, 1.54) is 5.56 Å². The van der Waals surface area contributed by atoms with E-state index in [1.807, 2.05) is 18.2 Å². The van der Waals surface area contributed by atoms with Gasteiger partial charge < -0.3 is 10.1 Å². The monoisotopic (exact) mass is 309 g/mol. The van der Waals surface area contributed by atoms with Gasteiger partial charge in [0.1, 0.15) is 5.75 Å². The number of carbonyl (C=O) groups excluding carboxylic acids is 1. The van der Waals surface area contributed by atoms with Gasteiger partial charge in [0.2, 0.25) is 0 Å². The molecule has 0 aromatic heterocycles. The molecule has 1 N–H and O–H groups in total. The number of methoxy groups -OCH3 is 1. The fourth-order valence-electron chi connectivity index (χ4n) is 2.18. The van der Waals surface area contributed by atoms with Gasteiger partial charge in [-0.05, 0) is 54.4 Å². The van der Waals surface area contributed by atoms with Crippen molar-refractivity contribution < 1.29 is 9.53 Å². The summed E-state index contributed by atoms with van der Waals surface area (Å²) in [4.78, 5) is 12.1. The average molecular weight is 309 g/mol. The number of ketones is 1. The molecule has 0 heterocycles. The molecule has 3 nitrogen and oxygen atoms in total. The van der Waals surface area contributed by atoms with E-state index in [1.54, 1.807) is 37.5 Å². The number of benzene rings is 2. The number of carbonyl (C=O) groups is 1. The van der Waals surface area contributed by atoms with Crippen LogP contribution in [0.1, 0.15) is 34.8 Å². The van der Waals surface area contributed by atoms with Gasteiger partial charge in [0.05, 0.1) is 7.11 Å². The molecule has 120 valence electrons. The van der Waals surface area contributed by atoms with Crippen LogP contribution >= 0.6 is 0 Å². The highest BCUT2D eigenvalue weighted by atomic mass is 16.5. The summed E-state index contributed by atoms with van der Waals surface area (Å²) in [5, 5.41) is 3.37. The number of nitrogens with one attached hydrogen (secondary N) is 1. The smallest absolute Gasteiger partial charge is 0.185 e. The fourth-order valence-corrected chi connectivity index (χ4v) is 2.18. The van der Waals surface area contributed by atoms with Crippen LogP contribution in [0.15, 0.2) is 54.6 Å². The van der Waals surface area contributed by atoms with Crippen molar-refractivity contribution in [2.75, 3.05) is 13.7 Å². The van der Waals surface area contributed by atoms with Crippen LogP contribution in [0.25, 0.3) is 6.08 Å². The van der Waals surface area contributed by atoms with Crippen LogP contribution in [0.5, 0.6) is 5.75 Å². The molecule has 2 rings (SSSR count). The van der Waals surface area contributed by atoms with Crippen molar-refractivity contribution >= 4 is 11.9 Å². The first-order valence-electron chi connectivity index (χ1n) is 7.89. The Hall–Kier alpha value is -2.39. The van der Waals surface area contributed by atoms with Crippen molar-refractivity contribution in [2.45, 2.75) is 19.9 Å². The molecule has 3 heteroatoms. The molecule has 0 aliphatic heterocycles. The van der Waals surface area contributed by atoms with Crippen LogP contribution < -0.4 is 10.1 Å². The van der Waals surface area contributed by atoms with Crippen molar-refractivity contribution in [3.8, 4) is 5.75 Å². The maximum Gasteiger partial charge on any atom is 0.185 e. The molecule has 0 atom stereocenters. The summed E-state index contributed by atoms with van der Waals surface area (Å²) in [6.45, 7) is 4.06. The van der Waals surface area contributed by atoms with E-state index in [4.69, 9.17) is 4.74 Å². The second-order valence-corrected chi connectivity index (χ2v) is 5.34. The van der Waals surface area contributed by atoms with Gasteiger partial charge in [-0.3, -0.25) is 4.79 Å². The third-order valence-electron chi connectivity index (χ3n) is 3.54. The molecule has 2 aromatic carbocycles. The van der Waals surface area contributed by atoms with E-state index in [9.17, 15) is 4.79 Å². The molecule has 0 bridgehead atoms. The summed E-state index contributed by atoms with van der Waals surface area (Å²) in [7, 11) is 1.61. The molecule has 0 saturated heterocycles. The highest BCUT2D eigenvalue weighted by Gasteiger charge is 2.01. The molecule has 0 unspecified atom stereocenters. The van der Waals surface area contributed by atoms with E-state index in [0.29, 0.717) is 5.56 Å². The minimum atomic E-state index is -0.0126. The predicted molar refractivity (Wildman–Crippen MR) is 94.8 cm³/mol. The number of ether oxygens (including phenoxy) is 1. The first-order valence-corrected chi connectivity index (χ1v) is 7.89. The Kier molecular flexibility index (Phi) is 6.57. The van der Waals surface area contributed by atoms with Crippen molar-refractivity contribution in [2.24, 2.45) is 0 Å². The second kappa shape index (κ2) is 8.91. The maximum atomic E-state index is 12.1. The van der Waals surface area contributed by atoms with Gasteiger partial charge in [0.15, 0.2) is 5.78 Å². The van der Waals surface area contributed by atoms with Crippen molar-refractivity contribution in [3.05, 3.63) is 71.3 Å². The highest BCUT2D eigenvalue weighted by molar-refractivity contribution is 6.06. The molecular weight excluding hydrogens is 286 g/mol. The Morgan fingerprint density at radius 2 is 1.78 bits per heavy atom. The van der Waals surface area contributed by atoms with Crippen molar-refractivity contribution in [3.63, 3.8) is 0 Å². The van der Waals surface area contributed by atoms with Crippen LogP contribution in [-0.4, -0.2) is 19.4 Å². The molecule has 0 aliphatic rings. The quantitative estimate of drug-likeness (QED) is 0.453. The normalized spacial score (nSPS) is 10.9. The van der Waals surface area contributed by atoms with Gasteiger partial charge in [0, 0.05) is 12.1 Å². The number of allylic oxidation sites excluding steroid dienone is 1. The summed E-state index contributed by atoms with van der Waals surface area (Å²) < 4.78 is 5.09. The van der Waals surface area contributed by atoms with Gasteiger partial charge in [-0.15, -0.1) is 0 Å². The van der Waals surface area contributed by atoms with Crippen LogP contribution in [0.3, 0.4) is 0 Å². The molecule has 0 saturated carbocycles. The lowest BCUT2D eigenvalue weighted by Gasteiger charge is -2.03. The molecular formula is C20H23NO2. The van der Waals surface area contributed by atoms with Crippen LogP contribution in [-0.2, 0) is 6.54 Å². The maximum absolute atomic E-state index is 12.1. The zero-order valence-electron chi connectivity index (χ0n) is 13.7. The summed E-state index contributed by atoms with van der Waals surface area (Å²) in [5.74, 6) is 0.735. The topological polar surface area (TPSA) is 38.3 Å². The average Bonchev–Trinajstić information content (AvgIpc) is 2.61. The molecule has 23 heavy (non-hydrogen) atoms. The summed E-state index contributed by atoms with van der Waals surface area (Å²) in [5.41, 5.74) is 2.92. The number of hydrogen-bond donors (Lipinski definition) is 1. The van der Waals surface area contributed by atoms with Gasteiger partial charge in [-0.2, -0.15) is 0 Å². The Bertz CT molecular complexity index is 642. The number of hydrogen-bond acceptors (Lipinski definition) is 3. The lowest BCUT2D eigenvalue weighted by Crippen LogP contribution is -2.13. The Labute approximate surface area is 138 Å².